The molecule has 1 N–H and O–H groups in total. The zero-order valence-electron chi connectivity index (χ0n) is 14.6. The first-order chi connectivity index (χ1) is 12.7. The molecular weight excluding hydrogens is 350 g/mol. The third-order valence-corrected chi connectivity index (χ3v) is 4.52. The Bertz CT molecular complexity index is 895. The van der Waals surface area contributed by atoms with E-state index in [0.717, 1.165) is 11.5 Å². The maximum absolute atomic E-state index is 12.8. The first kappa shape index (κ1) is 18.0. The number of benzene rings is 1. The summed E-state index contributed by atoms with van der Waals surface area (Å²) in [4.78, 5) is 17.1. The van der Waals surface area contributed by atoms with Crippen molar-refractivity contribution >= 4 is 23.4 Å². The Kier molecular flexibility index (Phi) is 5.91. The van der Waals surface area contributed by atoms with Gasteiger partial charge in [0.2, 0.25) is 0 Å². The third kappa shape index (κ3) is 4.43. The second-order valence-corrected chi connectivity index (χ2v) is 6.42. The van der Waals surface area contributed by atoms with E-state index >= 15 is 0 Å². The number of pyridine rings is 1. The molecule has 26 heavy (non-hydrogen) atoms. The monoisotopic (exact) mass is 369 g/mol. The normalized spacial score (nSPS) is 10.5. The van der Waals surface area contributed by atoms with E-state index in [4.69, 9.17) is 9.26 Å². The number of para-hydroxylation sites is 2. The molecule has 2 heterocycles. The van der Waals surface area contributed by atoms with Gasteiger partial charge in [0.15, 0.2) is 0 Å². The minimum Gasteiger partial charge on any atom is -0.492 e. The van der Waals surface area contributed by atoms with Crippen LogP contribution in [-0.2, 0) is 5.75 Å². The molecule has 0 atom stereocenters. The molecular formula is C19H19N3O3S. The number of anilines is 1. The number of aromatic nitrogens is 2. The quantitative estimate of drug-likeness (QED) is 0.625. The second kappa shape index (κ2) is 8.53. The van der Waals surface area contributed by atoms with Crippen molar-refractivity contribution in [2.45, 2.75) is 24.6 Å². The van der Waals surface area contributed by atoms with Crippen LogP contribution in [0, 0.1) is 6.92 Å². The Morgan fingerprint density at radius 3 is 2.88 bits per heavy atom. The van der Waals surface area contributed by atoms with Crippen LogP contribution in [0.15, 0.2) is 58.2 Å². The molecule has 3 rings (SSSR count). The Labute approximate surface area is 156 Å². The topological polar surface area (TPSA) is 77.2 Å². The van der Waals surface area contributed by atoms with Gasteiger partial charge >= 0.3 is 0 Å². The number of hydrogen-bond donors (Lipinski definition) is 1. The van der Waals surface area contributed by atoms with Gasteiger partial charge in [0.1, 0.15) is 16.5 Å². The van der Waals surface area contributed by atoms with Crippen LogP contribution in [0.1, 0.15) is 28.7 Å². The van der Waals surface area contributed by atoms with Gasteiger partial charge in [0, 0.05) is 18.0 Å². The molecule has 0 spiro atoms. The van der Waals surface area contributed by atoms with Crippen molar-refractivity contribution in [3.8, 4) is 5.75 Å². The molecule has 1 aromatic carbocycles. The molecule has 0 bridgehead atoms. The molecule has 0 aliphatic rings. The van der Waals surface area contributed by atoms with Crippen LogP contribution in [0.3, 0.4) is 0 Å². The standard InChI is InChI=1S/C19H19N3O3S/c1-3-24-17-9-5-4-8-16(17)21-18(23)15-7-6-10-20-19(15)26-12-14-11-13(2)25-22-14/h4-11H,3,12H2,1-2H3,(H,21,23). The first-order valence-electron chi connectivity index (χ1n) is 8.20. The number of hydrogen-bond acceptors (Lipinski definition) is 6. The molecule has 134 valence electrons. The van der Waals surface area contributed by atoms with Crippen LogP contribution in [0.5, 0.6) is 5.75 Å². The molecule has 0 saturated carbocycles. The number of nitrogens with one attached hydrogen (secondary N) is 1. The molecule has 1 amide bonds. The molecule has 3 aromatic rings. The summed E-state index contributed by atoms with van der Waals surface area (Å²) < 4.78 is 10.6. The SMILES string of the molecule is CCOc1ccccc1NC(=O)c1cccnc1SCc1cc(C)on1. The fraction of sp³-hybridized carbons (Fsp3) is 0.211. The maximum atomic E-state index is 12.8. The van der Waals surface area contributed by atoms with Gasteiger partial charge in [-0.05, 0) is 38.1 Å². The first-order valence-corrected chi connectivity index (χ1v) is 9.19. The Morgan fingerprint density at radius 1 is 1.27 bits per heavy atom. The Hall–Kier alpha value is -2.80. The average molecular weight is 369 g/mol. The van der Waals surface area contributed by atoms with E-state index in [1.807, 2.05) is 44.2 Å². The highest BCUT2D eigenvalue weighted by Gasteiger charge is 2.15. The lowest BCUT2D eigenvalue weighted by molar-refractivity contribution is 0.102. The van der Waals surface area contributed by atoms with Crippen molar-refractivity contribution < 1.29 is 14.1 Å². The van der Waals surface area contributed by atoms with Crippen LogP contribution in [-0.4, -0.2) is 22.7 Å². The summed E-state index contributed by atoms with van der Waals surface area (Å²) in [6.07, 6.45) is 1.67. The molecule has 0 radical (unpaired) electrons. The zero-order valence-corrected chi connectivity index (χ0v) is 15.4. The molecule has 0 unspecified atom stereocenters. The molecule has 0 fully saturated rings. The lowest BCUT2D eigenvalue weighted by atomic mass is 10.2. The van der Waals surface area contributed by atoms with E-state index in [-0.39, 0.29) is 5.91 Å². The molecule has 2 aromatic heterocycles. The van der Waals surface area contributed by atoms with Crippen molar-refractivity contribution in [2.75, 3.05) is 11.9 Å². The maximum Gasteiger partial charge on any atom is 0.258 e. The number of nitrogens with zero attached hydrogens (tertiary/aromatic N) is 2. The number of carbonyl (C=O) groups excluding carboxylic acids is 1. The number of carbonyl (C=O) groups is 1. The van der Waals surface area contributed by atoms with E-state index in [1.165, 1.54) is 11.8 Å². The fourth-order valence-corrected chi connectivity index (χ4v) is 3.22. The van der Waals surface area contributed by atoms with Crippen molar-refractivity contribution in [3.63, 3.8) is 0 Å². The van der Waals surface area contributed by atoms with Gasteiger partial charge in [-0.2, -0.15) is 0 Å². The highest BCUT2D eigenvalue weighted by Crippen LogP contribution is 2.27. The summed E-state index contributed by atoms with van der Waals surface area (Å²) in [6.45, 7) is 4.27. The fourth-order valence-electron chi connectivity index (χ4n) is 2.35. The number of amides is 1. The van der Waals surface area contributed by atoms with Crippen LogP contribution < -0.4 is 10.1 Å². The van der Waals surface area contributed by atoms with Crippen LogP contribution in [0.4, 0.5) is 5.69 Å². The number of ether oxygens (including phenoxy) is 1. The second-order valence-electron chi connectivity index (χ2n) is 5.46. The van der Waals surface area contributed by atoms with Gasteiger partial charge in [-0.15, -0.1) is 0 Å². The summed E-state index contributed by atoms with van der Waals surface area (Å²) >= 11 is 1.44. The van der Waals surface area contributed by atoms with E-state index in [1.54, 1.807) is 18.3 Å². The molecule has 0 aliphatic carbocycles. The van der Waals surface area contributed by atoms with Crippen LogP contribution in [0.25, 0.3) is 0 Å². The molecule has 6 nitrogen and oxygen atoms in total. The summed E-state index contributed by atoms with van der Waals surface area (Å²) in [5.41, 5.74) is 1.95. The summed E-state index contributed by atoms with van der Waals surface area (Å²) in [5, 5.41) is 7.51. The van der Waals surface area contributed by atoms with E-state index in [9.17, 15) is 4.79 Å². The van der Waals surface area contributed by atoms with Crippen LogP contribution in [0.2, 0.25) is 0 Å². The Morgan fingerprint density at radius 2 is 2.12 bits per heavy atom. The summed E-state index contributed by atoms with van der Waals surface area (Å²) in [6, 6.07) is 12.7. The predicted molar refractivity (Wildman–Crippen MR) is 101 cm³/mol. The number of rotatable bonds is 7. The minimum absolute atomic E-state index is 0.232. The third-order valence-electron chi connectivity index (χ3n) is 3.48. The van der Waals surface area contributed by atoms with Gasteiger partial charge in [-0.25, -0.2) is 4.98 Å². The summed E-state index contributed by atoms with van der Waals surface area (Å²) in [5.74, 6) is 1.74. The largest absolute Gasteiger partial charge is 0.492 e. The predicted octanol–water partition coefficient (Wildman–Crippen LogP) is 4.32. The smallest absolute Gasteiger partial charge is 0.258 e. The van der Waals surface area contributed by atoms with Crippen molar-refractivity contribution in [3.05, 3.63) is 65.7 Å². The minimum atomic E-state index is -0.232. The van der Waals surface area contributed by atoms with E-state index in [0.29, 0.717) is 34.4 Å². The zero-order chi connectivity index (χ0) is 18.4. The van der Waals surface area contributed by atoms with Gasteiger partial charge in [0.05, 0.1) is 23.6 Å². The molecule has 7 heteroatoms. The van der Waals surface area contributed by atoms with Crippen molar-refractivity contribution in [2.24, 2.45) is 0 Å². The number of aryl methyl sites for hydroxylation is 1. The van der Waals surface area contributed by atoms with E-state index < -0.39 is 0 Å². The van der Waals surface area contributed by atoms with Crippen molar-refractivity contribution in [1.82, 2.24) is 10.1 Å². The number of thioether (sulfide) groups is 1. The van der Waals surface area contributed by atoms with Gasteiger partial charge in [0.25, 0.3) is 5.91 Å². The van der Waals surface area contributed by atoms with Gasteiger partial charge in [-0.1, -0.05) is 29.1 Å². The average Bonchev–Trinajstić information content (AvgIpc) is 3.07. The molecule has 0 aliphatic heterocycles. The van der Waals surface area contributed by atoms with Crippen molar-refractivity contribution in [1.29, 1.82) is 0 Å². The Balaban J connectivity index is 1.75. The van der Waals surface area contributed by atoms with E-state index in [2.05, 4.69) is 15.5 Å². The summed E-state index contributed by atoms with van der Waals surface area (Å²) in [7, 11) is 0. The highest BCUT2D eigenvalue weighted by atomic mass is 32.2. The van der Waals surface area contributed by atoms with Gasteiger partial charge in [-0.3, -0.25) is 4.79 Å². The lowest BCUT2D eigenvalue weighted by Crippen LogP contribution is -2.14. The molecule has 0 saturated heterocycles. The lowest BCUT2D eigenvalue weighted by Gasteiger charge is -2.12. The van der Waals surface area contributed by atoms with Crippen LogP contribution >= 0.6 is 11.8 Å². The van der Waals surface area contributed by atoms with Gasteiger partial charge < -0.3 is 14.6 Å². The highest BCUT2D eigenvalue weighted by molar-refractivity contribution is 7.98.